The second kappa shape index (κ2) is 4.63. The number of aromatic nitrogens is 1. The van der Waals surface area contributed by atoms with Gasteiger partial charge in [-0.15, -0.1) is 0 Å². The van der Waals surface area contributed by atoms with Crippen LogP contribution in [0.15, 0.2) is 23.1 Å². The maximum absolute atomic E-state index is 11.8. The van der Waals surface area contributed by atoms with Gasteiger partial charge in [0.25, 0.3) is 5.56 Å². The molecule has 3 N–H and O–H groups in total. The van der Waals surface area contributed by atoms with Crippen molar-refractivity contribution >= 4 is 5.91 Å². The molecule has 0 radical (unpaired) electrons. The number of hydrogen-bond donors (Lipinski definition) is 2. The Kier molecular flexibility index (Phi) is 3.05. The summed E-state index contributed by atoms with van der Waals surface area (Å²) in [5, 5.41) is 0. The monoisotopic (exact) mass is 276 g/mol. The lowest BCUT2D eigenvalue weighted by Gasteiger charge is -2.24. The summed E-state index contributed by atoms with van der Waals surface area (Å²) < 4.78 is 1.39. The fraction of sp³-hybridized carbons (Fsp3) is 0.571. The zero-order valence-electron chi connectivity index (χ0n) is 11.7. The van der Waals surface area contributed by atoms with Crippen molar-refractivity contribution in [2.45, 2.75) is 25.9 Å². The third kappa shape index (κ3) is 2.20. The Morgan fingerprint density at radius 2 is 2.00 bits per heavy atom. The zero-order valence-corrected chi connectivity index (χ0v) is 11.7. The van der Waals surface area contributed by atoms with Crippen LogP contribution in [0.5, 0.6) is 0 Å². The Hall–Kier alpha value is -1.82. The van der Waals surface area contributed by atoms with Crippen molar-refractivity contribution in [2.75, 3.05) is 18.5 Å². The Morgan fingerprint density at radius 1 is 1.35 bits per heavy atom. The number of nitrogens with zero attached hydrogens (tertiary/aromatic N) is 2. The number of likely N-dealkylation sites (tertiary alicyclic amines) is 1. The summed E-state index contributed by atoms with van der Waals surface area (Å²) in [7, 11) is 0. The fourth-order valence-electron chi connectivity index (χ4n) is 3.07. The van der Waals surface area contributed by atoms with Crippen molar-refractivity contribution in [3.63, 3.8) is 0 Å². The van der Waals surface area contributed by atoms with Gasteiger partial charge in [-0.05, 0) is 31.7 Å². The number of hydrogen-bond acceptors (Lipinski definition) is 4. The third-order valence-electron chi connectivity index (χ3n) is 4.44. The van der Waals surface area contributed by atoms with Crippen molar-refractivity contribution in [3.05, 3.63) is 34.2 Å². The van der Waals surface area contributed by atoms with Gasteiger partial charge in [-0.25, -0.2) is 4.68 Å². The summed E-state index contributed by atoms with van der Waals surface area (Å²) in [5.41, 5.74) is 8.62. The van der Waals surface area contributed by atoms with Gasteiger partial charge in [0.15, 0.2) is 0 Å². The highest BCUT2D eigenvalue weighted by molar-refractivity contribution is 5.92. The molecule has 108 valence electrons. The van der Waals surface area contributed by atoms with Crippen LogP contribution in [0.4, 0.5) is 0 Å². The summed E-state index contributed by atoms with van der Waals surface area (Å²) in [5.74, 6) is 0.672. The van der Waals surface area contributed by atoms with E-state index in [0.29, 0.717) is 29.5 Å². The SMILES string of the molecule is CC(C)N1CC2C(C1)C2Nn1cc(C(N)=O)ccc1=O. The van der Waals surface area contributed by atoms with Gasteiger partial charge in [-0.2, -0.15) is 0 Å². The number of pyridine rings is 1. The van der Waals surface area contributed by atoms with Crippen LogP contribution in [-0.4, -0.2) is 40.7 Å². The molecule has 1 aliphatic carbocycles. The number of nitrogens with two attached hydrogens (primary N) is 1. The molecular formula is C14H20N4O2. The molecule has 2 fully saturated rings. The number of primary amides is 1. The van der Waals surface area contributed by atoms with Gasteiger partial charge in [-0.3, -0.25) is 9.59 Å². The Balaban J connectivity index is 1.68. The van der Waals surface area contributed by atoms with Crippen molar-refractivity contribution in [2.24, 2.45) is 17.6 Å². The van der Waals surface area contributed by atoms with Crippen LogP contribution in [0, 0.1) is 11.8 Å². The third-order valence-corrected chi connectivity index (χ3v) is 4.44. The number of amides is 1. The minimum absolute atomic E-state index is 0.166. The van der Waals surface area contributed by atoms with Crippen LogP contribution in [0.2, 0.25) is 0 Å². The minimum atomic E-state index is -0.525. The van der Waals surface area contributed by atoms with Crippen LogP contribution in [0.3, 0.4) is 0 Å². The van der Waals surface area contributed by atoms with Gasteiger partial charge in [0.1, 0.15) is 0 Å². The Labute approximate surface area is 117 Å². The lowest BCUT2D eigenvalue weighted by Crippen LogP contribution is -2.37. The van der Waals surface area contributed by atoms with E-state index in [1.165, 1.54) is 23.0 Å². The highest BCUT2D eigenvalue weighted by atomic mass is 16.1. The van der Waals surface area contributed by atoms with E-state index in [2.05, 4.69) is 24.2 Å². The zero-order chi connectivity index (χ0) is 14.4. The van der Waals surface area contributed by atoms with Gasteiger partial charge >= 0.3 is 0 Å². The summed E-state index contributed by atoms with van der Waals surface area (Å²) in [6, 6.07) is 3.72. The predicted octanol–water partition coefficient (Wildman–Crippen LogP) is -0.171. The lowest BCUT2D eigenvalue weighted by atomic mass is 10.3. The smallest absolute Gasteiger partial charge is 0.268 e. The average Bonchev–Trinajstić information content (AvgIpc) is 2.85. The second-order valence-corrected chi connectivity index (χ2v) is 6.02. The maximum atomic E-state index is 11.8. The van der Waals surface area contributed by atoms with E-state index in [0.717, 1.165) is 13.1 Å². The van der Waals surface area contributed by atoms with Crippen molar-refractivity contribution < 1.29 is 4.79 Å². The molecule has 1 amide bonds. The molecule has 2 unspecified atom stereocenters. The van der Waals surface area contributed by atoms with Crippen molar-refractivity contribution in [3.8, 4) is 0 Å². The van der Waals surface area contributed by atoms with E-state index < -0.39 is 5.91 Å². The van der Waals surface area contributed by atoms with E-state index in [1.807, 2.05) is 0 Å². The van der Waals surface area contributed by atoms with Crippen molar-refractivity contribution in [1.29, 1.82) is 0 Å². The topological polar surface area (TPSA) is 80.4 Å². The fourth-order valence-corrected chi connectivity index (χ4v) is 3.07. The van der Waals surface area contributed by atoms with Crippen LogP contribution in [0.1, 0.15) is 24.2 Å². The predicted molar refractivity (Wildman–Crippen MR) is 76.1 cm³/mol. The molecule has 2 atom stereocenters. The van der Waals surface area contributed by atoms with Crippen LogP contribution in [-0.2, 0) is 0 Å². The Morgan fingerprint density at radius 3 is 2.55 bits per heavy atom. The normalized spacial score (nSPS) is 28.4. The Bertz CT molecular complexity index is 583. The number of piperidine rings is 1. The average molecular weight is 276 g/mol. The lowest BCUT2D eigenvalue weighted by molar-refractivity contribution is 0.0999. The van der Waals surface area contributed by atoms with Gasteiger partial charge in [-0.1, -0.05) is 0 Å². The first-order valence-electron chi connectivity index (χ1n) is 7.00. The molecule has 6 heteroatoms. The number of carbonyl (C=O) groups is 1. The number of rotatable bonds is 4. The van der Waals surface area contributed by atoms with E-state index >= 15 is 0 Å². The molecule has 1 saturated heterocycles. The largest absolute Gasteiger partial charge is 0.366 e. The highest BCUT2D eigenvalue weighted by Gasteiger charge is 2.56. The highest BCUT2D eigenvalue weighted by Crippen LogP contribution is 2.46. The molecule has 1 aromatic rings. The minimum Gasteiger partial charge on any atom is -0.366 e. The van der Waals surface area contributed by atoms with Gasteiger partial charge in [0.2, 0.25) is 5.91 Å². The van der Waals surface area contributed by atoms with Crippen molar-refractivity contribution in [1.82, 2.24) is 9.58 Å². The van der Waals surface area contributed by atoms with E-state index in [9.17, 15) is 9.59 Å². The maximum Gasteiger partial charge on any atom is 0.268 e. The molecule has 2 heterocycles. The summed E-state index contributed by atoms with van der Waals surface area (Å²) in [4.78, 5) is 25.4. The standard InChI is InChI=1S/C14H20N4O2/c1-8(2)17-6-10-11(7-17)13(10)16-18-5-9(14(15)20)3-4-12(18)19/h3-5,8,10-11,13,16H,6-7H2,1-2H3,(H2,15,20). The molecule has 0 aromatic carbocycles. The molecule has 6 nitrogen and oxygen atoms in total. The molecule has 3 rings (SSSR count). The van der Waals surface area contributed by atoms with E-state index in [1.54, 1.807) is 0 Å². The summed E-state index contributed by atoms with van der Waals surface area (Å²) in [6.07, 6.45) is 1.49. The molecular weight excluding hydrogens is 256 g/mol. The first kappa shape index (κ1) is 13.2. The summed E-state index contributed by atoms with van der Waals surface area (Å²) >= 11 is 0. The van der Waals surface area contributed by atoms with Gasteiger partial charge in [0.05, 0.1) is 11.6 Å². The van der Waals surface area contributed by atoms with Crippen LogP contribution >= 0.6 is 0 Å². The molecule has 1 saturated carbocycles. The molecule has 0 spiro atoms. The van der Waals surface area contributed by atoms with Crippen LogP contribution < -0.4 is 16.7 Å². The van der Waals surface area contributed by atoms with Crippen LogP contribution in [0.25, 0.3) is 0 Å². The number of carbonyl (C=O) groups excluding carboxylic acids is 1. The molecule has 1 aromatic heterocycles. The number of nitrogens with one attached hydrogen (secondary N) is 1. The molecule has 20 heavy (non-hydrogen) atoms. The van der Waals surface area contributed by atoms with E-state index in [4.69, 9.17) is 5.73 Å². The van der Waals surface area contributed by atoms with E-state index in [-0.39, 0.29) is 5.56 Å². The second-order valence-electron chi connectivity index (χ2n) is 6.02. The molecule has 0 bridgehead atoms. The number of fused-ring (bicyclic) bond motifs is 1. The molecule has 2 aliphatic rings. The quantitative estimate of drug-likeness (QED) is 0.800. The van der Waals surface area contributed by atoms with Gasteiger partial charge in [0, 0.05) is 31.4 Å². The first-order valence-corrected chi connectivity index (χ1v) is 7.00. The summed E-state index contributed by atoms with van der Waals surface area (Å²) in [6.45, 7) is 6.55. The van der Waals surface area contributed by atoms with Gasteiger partial charge < -0.3 is 16.1 Å². The first-order chi connectivity index (χ1) is 9.47. The molecule has 1 aliphatic heterocycles.